The lowest BCUT2D eigenvalue weighted by Crippen LogP contribution is -2.46. The maximum absolute atomic E-state index is 6.71. The van der Waals surface area contributed by atoms with E-state index >= 15 is 0 Å². The van der Waals surface area contributed by atoms with E-state index in [0.717, 1.165) is 0 Å². The van der Waals surface area contributed by atoms with Crippen molar-refractivity contribution in [2.45, 2.75) is 62.3 Å². The number of fused-ring (bicyclic) bond motifs is 1. The average Bonchev–Trinajstić information content (AvgIpc) is 2.78. The number of hydrogen-bond acceptors (Lipinski definition) is 2. The van der Waals surface area contributed by atoms with Crippen LogP contribution >= 0.6 is 11.8 Å². The molecule has 0 amide bonds. The highest BCUT2D eigenvalue weighted by Gasteiger charge is 2.38. The van der Waals surface area contributed by atoms with Crippen molar-refractivity contribution >= 4 is 11.8 Å². The molecule has 1 nitrogen and oxygen atoms in total. The number of nitrogens with two attached hydrogens (primary N) is 1. The Morgan fingerprint density at radius 1 is 1.16 bits per heavy atom. The molecule has 0 radical (unpaired) electrons. The zero-order chi connectivity index (χ0) is 13.5. The first kappa shape index (κ1) is 13.5. The van der Waals surface area contributed by atoms with E-state index < -0.39 is 0 Å². The molecule has 2 heteroatoms. The van der Waals surface area contributed by atoms with Crippen LogP contribution in [0.5, 0.6) is 0 Å². The maximum Gasteiger partial charge on any atom is 0.0160 e. The van der Waals surface area contributed by atoms with Crippen LogP contribution in [0.15, 0.2) is 29.2 Å². The number of thioether (sulfide) groups is 1. The van der Waals surface area contributed by atoms with Crippen molar-refractivity contribution in [2.75, 3.05) is 5.75 Å². The molecule has 104 valence electrons. The van der Waals surface area contributed by atoms with E-state index in [1.54, 1.807) is 5.56 Å². The van der Waals surface area contributed by atoms with Gasteiger partial charge in [0.2, 0.25) is 0 Å². The summed E-state index contributed by atoms with van der Waals surface area (Å²) in [5.41, 5.74) is 8.84. The molecule has 3 rings (SSSR count). The van der Waals surface area contributed by atoms with Crippen molar-refractivity contribution in [3.05, 3.63) is 29.8 Å². The minimum absolute atomic E-state index is 0.0815. The van der Waals surface area contributed by atoms with Gasteiger partial charge in [0.05, 0.1) is 0 Å². The van der Waals surface area contributed by atoms with Gasteiger partial charge in [-0.2, -0.15) is 0 Å². The first-order chi connectivity index (χ1) is 8.98. The predicted octanol–water partition coefficient (Wildman–Crippen LogP) is 4.56. The molecule has 1 aromatic rings. The van der Waals surface area contributed by atoms with Gasteiger partial charge in [-0.25, -0.2) is 0 Å². The van der Waals surface area contributed by atoms with Crippen LogP contribution in [0.1, 0.15) is 57.4 Å². The highest BCUT2D eigenvalue weighted by Crippen LogP contribution is 2.47. The largest absolute Gasteiger partial charge is 0.325 e. The molecule has 1 aliphatic carbocycles. The summed E-state index contributed by atoms with van der Waals surface area (Å²) in [6.07, 6.45) is 6.13. The van der Waals surface area contributed by atoms with Gasteiger partial charge in [-0.1, -0.05) is 32.0 Å². The molecule has 2 aliphatic rings. The van der Waals surface area contributed by atoms with Crippen LogP contribution in [-0.4, -0.2) is 11.3 Å². The maximum atomic E-state index is 6.71. The Bertz CT molecular complexity index is 456. The zero-order valence-corrected chi connectivity index (χ0v) is 12.9. The lowest BCUT2D eigenvalue weighted by molar-refractivity contribution is 0.153. The van der Waals surface area contributed by atoms with Gasteiger partial charge in [-0.3, -0.25) is 0 Å². The Kier molecular flexibility index (Phi) is 3.43. The lowest BCUT2D eigenvalue weighted by Gasteiger charge is -2.42. The molecule has 1 unspecified atom stereocenters. The van der Waals surface area contributed by atoms with Crippen LogP contribution in [0.25, 0.3) is 0 Å². The van der Waals surface area contributed by atoms with Gasteiger partial charge in [-0.15, -0.1) is 11.8 Å². The second-order valence-electron chi connectivity index (χ2n) is 7.28. The Hall–Kier alpha value is -0.470. The molecule has 0 spiro atoms. The Labute approximate surface area is 121 Å². The van der Waals surface area contributed by atoms with E-state index in [1.165, 1.54) is 42.8 Å². The van der Waals surface area contributed by atoms with Crippen molar-refractivity contribution in [3.8, 4) is 0 Å². The fourth-order valence-corrected chi connectivity index (χ4v) is 4.77. The number of benzene rings is 1. The molecule has 1 fully saturated rings. The van der Waals surface area contributed by atoms with E-state index in [-0.39, 0.29) is 5.54 Å². The normalized spacial score (nSPS) is 28.1. The summed E-state index contributed by atoms with van der Waals surface area (Å²) in [6, 6.07) is 8.88. The highest BCUT2D eigenvalue weighted by molar-refractivity contribution is 7.99. The van der Waals surface area contributed by atoms with Crippen molar-refractivity contribution < 1.29 is 0 Å². The molecular formula is C17H25NS. The Morgan fingerprint density at radius 2 is 1.84 bits per heavy atom. The van der Waals surface area contributed by atoms with Crippen LogP contribution in [0.3, 0.4) is 0 Å². The molecule has 1 saturated carbocycles. The second-order valence-corrected chi connectivity index (χ2v) is 8.34. The summed E-state index contributed by atoms with van der Waals surface area (Å²) in [4.78, 5) is 1.48. The van der Waals surface area contributed by atoms with Crippen LogP contribution < -0.4 is 5.73 Å². The van der Waals surface area contributed by atoms with E-state index in [0.29, 0.717) is 11.3 Å². The first-order valence-corrected chi connectivity index (χ1v) is 8.47. The van der Waals surface area contributed by atoms with Gasteiger partial charge in [0.1, 0.15) is 0 Å². The summed E-state index contributed by atoms with van der Waals surface area (Å²) >= 11 is 2.01. The van der Waals surface area contributed by atoms with Gasteiger partial charge < -0.3 is 5.73 Å². The third kappa shape index (κ3) is 2.85. The summed E-state index contributed by atoms with van der Waals surface area (Å²) in [7, 11) is 0. The van der Waals surface area contributed by atoms with E-state index in [2.05, 4.69) is 38.1 Å². The smallest absolute Gasteiger partial charge is 0.0160 e. The fourth-order valence-electron chi connectivity index (χ4n) is 3.52. The summed E-state index contributed by atoms with van der Waals surface area (Å²) in [5, 5.41) is 0. The molecule has 1 heterocycles. The second kappa shape index (κ2) is 4.82. The van der Waals surface area contributed by atoms with Gasteiger partial charge in [0, 0.05) is 16.2 Å². The minimum Gasteiger partial charge on any atom is -0.325 e. The van der Waals surface area contributed by atoms with Crippen LogP contribution in [0, 0.1) is 5.41 Å². The van der Waals surface area contributed by atoms with Gasteiger partial charge in [-0.05, 0) is 55.1 Å². The van der Waals surface area contributed by atoms with Crippen molar-refractivity contribution in [1.29, 1.82) is 0 Å². The topological polar surface area (TPSA) is 26.0 Å². The molecule has 1 aromatic carbocycles. The molecule has 0 bridgehead atoms. The summed E-state index contributed by atoms with van der Waals surface area (Å²) < 4.78 is 0. The van der Waals surface area contributed by atoms with Crippen molar-refractivity contribution in [3.63, 3.8) is 0 Å². The molecule has 0 saturated heterocycles. The highest BCUT2D eigenvalue weighted by atomic mass is 32.2. The van der Waals surface area contributed by atoms with E-state index in [9.17, 15) is 0 Å². The molecule has 1 aliphatic heterocycles. The first-order valence-electron chi connectivity index (χ1n) is 7.48. The minimum atomic E-state index is 0.0815. The Morgan fingerprint density at radius 3 is 2.58 bits per heavy atom. The van der Waals surface area contributed by atoms with Gasteiger partial charge in [0.25, 0.3) is 0 Å². The standard InChI is InChI=1S/C17H25NS/c1-16(2)7-9-17(18,10-8-16)11-13-12-19-15-6-4-3-5-14(13)15/h3-6,13H,7-12,18H2,1-2H3. The van der Waals surface area contributed by atoms with Gasteiger partial charge >= 0.3 is 0 Å². The van der Waals surface area contributed by atoms with Gasteiger partial charge in [0.15, 0.2) is 0 Å². The van der Waals surface area contributed by atoms with Crippen molar-refractivity contribution in [1.82, 2.24) is 0 Å². The number of rotatable bonds is 2. The monoisotopic (exact) mass is 275 g/mol. The molecular weight excluding hydrogens is 250 g/mol. The van der Waals surface area contributed by atoms with Crippen LogP contribution in [0.2, 0.25) is 0 Å². The van der Waals surface area contributed by atoms with E-state index in [1.807, 2.05) is 11.8 Å². The quantitative estimate of drug-likeness (QED) is 0.856. The SMILES string of the molecule is CC1(C)CCC(N)(CC2CSc3ccccc32)CC1. The third-order valence-electron chi connectivity index (χ3n) is 5.05. The van der Waals surface area contributed by atoms with E-state index in [4.69, 9.17) is 5.73 Å². The summed E-state index contributed by atoms with van der Waals surface area (Å²) in [5.74, 6) is 1.90. The molecule has 19 heavy (non-hydrogen) atoms. The zero-order valence-electron chi connectivity index (χ0n) is 12.1. The average molecular weight is 275 g/mol. The number of hydrogen-bond donors (Lipinski definition) is 1. The lowest BCUT2D eigenvalue weighted by atomic mass is 9.67. The predicted molar refractivity (Wildman–Crippen MR) is 83.7 cm³/mol. The molecule has 0 aromatic heterocycles. The Balaban J connectivity index is 1.70. The fraction of sp³-hybridized carbons (Fsp3) is 0.647. The van der Waals surface area contributed by atoms with Crippen LogP contribution in [-0.2, 0) is 0 Å². The summed E-state index contributed by atoms with van der Waals surface area (Å²) in [6.45, 7) is 4.76. The molecule has 2 N–H and O–H groups in total. The third-order valence-corrected chi connectivity index (χ3v) is 6.30. The molecule has 1 atom stereocenters. The van der Waals surface area contributed by atoms with Crippen molar-refractivity contribution in [2.24, 2.45) is 11.1 Å². The van der Waals surface area contributed by atoms with Crippen LogP contribution in [0.4, 0.5) is 0 Å².